The number of thiophene rings is 1. The molecule has 2 heterocycles. The predicted molar refractivity (Wildman–Crippen MR) is 75.4 cm³/mol. The van der Waals surface area contributed by atoms with Crippen LogP contribution in [-0.4, -0.2) is 11.0 Å². The van der Waals surface area contributed by atoms with Gasteiger partial charge in [0.25, 0.3) is 0 Å². The quantitative estimate of drug-likeness (QED) is 0.896. The standard InChI is InChI=1S/C12H12Cl2N2S/c1-8(4-9-2-3-17-7-9)16-12-11(14)5-10(13)6-15-12/h2-3,5-8H,4H2,1H3,(H,15,16). The van der Waals surface area contributed by atoms with Gasteiger partial charge in [-0.1, -0.05) is 23.2 Å². The molecule has 17 heavy (non-hydrogen) atoms. The normalized spacial score (nSPS) is 12.4. The smallest absolute Gasteiger partial charge is 0.145 e. The average molecular weight is 287 g/mol. The lowest BCUT2D eigenvalue weighted by Gasteiger charge is -2.14. The summed E-state index contributed by atoms with van der Waals surface area (Å²) in [7, 11) is 0. The van der Waals surface area contributed by atoms with Crippen molar-refractivity contribution in [2.45, 2.75) is 19.4 Å². The third kappa shape index (κ3) is 3.60. The van der Waals surface area contributed by atoms with Crippen LogP contribution in [-0.2, 0) is 6.42 Å². The van der Waals surface area contributed by atoms with Crippen LogP contribution in [0.1, 0.15) is 12.5 Å². The maximum atomic E-state index is 6.05. The summed E-state index contributed by atoms with van der Waals surface area (Å²) in [4.78, 5) is 4.17. The molecule has 0 saturated heterocycles. The van der Waals surface area contributed by atoms with Crippen LogP contribution in [0.5, 0.6) is 0 Å². The Balaban J connectivity index is 2.00. The molecule has 0 aromatic carbocycles. The Labute approximate surface area is 115 Å². The molecular formula is C12H12Cl2N2S. The summed E-state index contributed by atoms with van der Waals surface area (Å²) in [6, 6.07) is 4.09. The second-order valence-electron chi connectivity index (χ2n) is 3.87. The molecule has 2 rings (SSSR count). The van der Waals surface area contributed by atoms with Crippen LogP contribution in [0.2, 0.25) is 10.0 Å². The van der Waals surface area contributed by atoms with Crippen molar-refractivity contribution in [1.29, 1.82) is 0 Å². The van der Waals surface area contributed by atoms with Crippen LogP contribution in [0.4, 0.5) is 5.82 Å². The van der Waals surface area contributed by atoms with E-state index >= 15 is 0 Å². The summed E-state index contributed by atoms with van der Waals surface area (Å²) < 4.78 is 0. The summed E-state index contributed by atoms with van der Waals surface area (Å²) >= 11 is 13.5. The van der Waals surface area contributed by atoms with Gasteiger partial charge in [0.1, 0.15) is 5.82 Å². The van der Waals surface area contributed by atoms with E-state index in [1.807, 2.05) is 0 Å². The number of aromatic nitrogens is 1. The SMILES string of the molecule is CC(Cc1ccsc1)Nc1ncc(Cl)cc1Cl. The van der Waals surface area contributed by atoms with Crippen LogP contribution in [0.3, 0.4) is 0 Å². The highest BCUT2D eigenvalue weighted by atomic mass is 35.5. The van der Waals surface area contributed by atoms with E-state index in [0.29, 0.717) is 15.9 Å². The lowest BCUT2D eigenvalue weighted by Crippen LogP contribution is -2.18. The largest absolute Gasteiger partial charge is 0.366 e. The maximum Gasteiger partial charge on any atom is 0.145 e. The molecule has 2 aromatic rings. The molecule has 90 valence electrons. The highest BCUT2D eigenvalue weighted by molar-refractivity contribution is 7.07. The number of hydrogen-bond acceptors (Lipinski definition) is 3. The van der Waals surface area contributed by atoms with E-state index in [9.17, 15) is 0 Å². The number of anilines is 1. The summed E-state index contributed by atoms with van der Waals surface area (Å²) in [6.45, 7) is 2.10. The Morgan fingerprint density at radius 3 is 2.94 bits per heavy atom. The second-order valence-corrected chi connectivity index (χ2v) is 5.49. The van der Waals surface area contributed by atoms with Crippen molar-refractivity contribution < 1.29 is 0 Å². The van der Waals surface area contributed by atoms with E-state index in [0.717, 1.165) is 6.42 Å². The molecule has 1 atom stereocenters. The molecule has 5 heteroatoms. The Morgan fingerprint density at radius 2 is 2.29 bits per heavy atom. The number of pyridine rings is 1. The van der Waals surface area contributed by atoms with Crippen molar-refractivity contribution in [1.82, 2.24) is 4.98 Å². The van der Waals surface area contributed by atoms with Gasteiger partial charge in [0.05, 0.1) is 10.0 Å². The number of rotatable bonds is 4. The number of halogens is 2. The van der Waals surface area contributed by atoms with E-state index in [2.05, 4.69) is 34.1 Å². The van der Waals surface area contributed by atoms with E-state index < -0.39 is 0 Å². The maximum absolute atomic E-state index is 6.05. The van der Waals surface area contributed by atoms with Crippen LogP contribution >= 0.6 is 34.5 Å². The van der Waals surface area contributed by atoms with Crippen molar-refractivity contribution in [2.75, 3.05) is 5.32 Å². The van der Waals surface area contributed by atoms with Crippen molar-refractivity contribution in [3.8, 4) is 0 Å². The van der Waals surface area contributed by atoms with Crippen LogP contribution < -0.4 is 5.32 Å². The van der Waals surface area contributed by atoms with Gasteiger partial charge in [-0.3, -0.25) is 0 Å². The monoisotopic (exact) mass is 286 g/mol. The lowest BCUT2D eigenvalue weighted by atomic mass is 10.1. The van der Waals surface area contributed by atoms with Gasteiger partial charge in [-0.2, -0.15) is 11.3 Å². The number of hydrogen-bond donors (Lipinski definition) is 1. The third-order valence-corrected chi connectivity index (χ3v) is 3.54. The van der Waals surface area contributed by atoms with Gasteiger partial charge in [0.2, 0.25) is 0 Å². The Hall–Kier alpha value is -0.770. The van der Waals surface area contributed by atoms with Crippen LogP contribution in [0.15, 0.2) is 29.1 Å². The molecule has 2 nitrogen and oxygen atoms in total. The van der Waals surface area contributed by atoms with E-state index in [4.69, 9.17) is 23.2 Å². The average Bonchev–Trinajstić information content (AvgIpc) is 2.75. The molecule has 0 saturated carbocycles. The van der Waals surface area contributed by atoms with Crippen molar-refractivity contribution in [3.05, 3.63) is 44.7 Å². The number of nitrogens with zero attached hydrogens (tertiary/aromatic N) is 1. The van der Waals surface area contributed by atoms with E-state index in [1.54, 1.807) is 23.6 Å². The van der Waals surface area contributed by atoms with Gasteiger partial charge in [-0.25, -0.2) is 4.98 Å². The van der Waals surface area contributed by atoms with Crippen molar-refractivity contribution in [3.63, 3.8) is 0 Å². The summed E-state index contributed by atoms with van der Waals surface area (Å²) in [5, 5.41) is 8.60. The molecule has 0 aliphatic carbocycles. The minimum absolute atomic E-state index is 0.274. The number of nitrogens with one attached hydrogen (secondary N) is 1. The Bertz CT molecular complexity index is 485. The lowest BCUT2D eigenvalue weighted by molar-refractivity contribution is 0.787. The fraction of sp³-hybridized carbons (Fsp3) is 0.250. The molecule has 0 aliphatic rings. The highest BCUT2D eigenvalue weighted by Gasteiger charge is 2.08. The topological polar surface area (TPSA) is 24.9 Å². The predicted octanol–water partition coefficient (Wildman–Crippen LogP) is 4.49. The molecule has 0 amide bonds. The van der Waals surface area contributed by atoms with Gasteiger partial charge in [0.15, 0.2) is 0 Å². The fourth-order valence-corrected chi connectivity index (χ4v) is 2.68. The minimum atomic E-state index is 0.274. The first-order chi connectivity index (χ1) is 8.15. The molecular weight excluding hydrogens is 275 g/mol. The Morgan fingerprint density at radius 1 is 1.47 bits per heavy atom. The first-order valence-electron chi connectivity index (χ1n) is 5.24. The first-order valence-corrected chi connectivity index (χ1v) is 6.93. The molecule has 2 aromatic heterocycles. The van der Waals surface area contributed by atoms with Gasteiger partial charge in [-0.15, -0.1) is 0 Å². The van der Waals surface area contributed by atoms with Gasteiger partial charge >= 0.3 is 0 Å². The summed E-state index contributed by atoms with van der Waals surface area (Å²) in [5.74, 6) is 0.679. The van der Waals surface area contributed by atoms with Crippen molar-refractivity contribution >= 4 is 40.4 Å². The molecule has 1 N–H and O–H groups in total. The zero-order chi connectivity index (χ0) is 12.3. The fourth-order valence-electron chi connectivity index (χ4n) is 1.57. The first kappa shape index (κ1) is 12.7. The summed E-state index contributed by atoms with van der Waals surface area (Å²) in [6.07, 6.45) is 2.54. The molecule has 0 spiro atoms. The zero-order valence-electron chi connectivity index (χ0n) is 9.28. The highest BCUT2D eigenvalue weighted by Crippen LogP contribution is 2.23. The van der Waals surface area contributed by atoms with Gasteiger partial charge in [0, 0.05) is 12.2 Å². The van der Waals surface area contributed by atoms with Gasteiger partial charge in [-0.05, 0) is 41.8 Å². The van der Waals surface area contributed by atoms with Crippen LogP contribution in [0, 0.1) is 0 Å². The molecule has 0 aliphatic heterocycles. The molecule has 1 unspecified atom stereocenters. The molecule has 0 bridgehead atoms. The van der Waals surface area contributed by atoms with Gasteiger partial charge < -0.3 is 5.32 Å². The molecule has 0 fully saturated rings. The zero-order valence-corrected chi connectivity index (χ0v) is 11.6. The molecule has 0 radical (unpaired) electrons. The minimum Gasteiger partial charge on any atom is -0.366 e. The summed E-state index contributed by atoms with van der Waals surface area (Å²) in [5.41, 5.74) is 1.32. The third-order valence-electron chi connectivity index (χ3n) is 2.31. The Kier molecular flexibility index (Phi) is 4.26. The van der Waals surface area contributed by atoms with Crippen LogP contribution in [0.25, 0.3) is 0 Å². The van der Waals surface area contributed by atoms with Crippen molar-refractivity contribution in [2.24, 2.45) is 0 Å². The second kappa shape index (κ2) is 5.71. The van der Waals surface area contributed by atoms with E-state index in [1.165, 1.54) is 5.56 Å². The van der Waals surface area contributed by atoms with E-state index in [-0.39, 0.29) is 6.04 Å².